The van der Waals surface area contributed by atoms with Crippen LogP contribution in [0.25, 0.3) is 0 Å². The molecule has 130 valence electrons. The van der Waals surface area contributed by atoms with Gasteiger partial charge in [-0.05, 0) is 17.7 Å². The van der Waals surface area contributed by atoms with Gasteiger partial charge < -0.3 is 10.1 Å². The average Bonchev–Trinajstić information content (AvgIpc) is 3.22. The number of carbonyl (C=O) groups excluding carboxylic acids is 1. The maximum Gasteiger partial charge on any atom is 0.252 e. The highest BCUT2D eigenvalue weighted by molar-refractivity contribution is 5.93. The van der Waals surface area contributed by atoms with Crippen LogP contribution in [0.4, 0.5) is 0 Å². The summed E-state index contributed by atoms with van der Waals surface area (Å²) < 4.78 is 5.99. The summed E-state index contributed by atoms with van der Waals surface area (Å²) in [5, 5.41) is 3.04. The summed E-state index contributed by atoms with van der Waals surface area (Å²) in [5.74, 6) is 0.819. The number of pyridine rings is 1. The van der Waals surface area contributed by atoms with Gasteiger partial charge in [-0.3, -0.25) is 14.7 Å². The molecule has 2 aliphatic heterocycles. The Kier molecular flexibility index (Phi) is 4.76. The van der Waals surface area contributed by atoms with Crippen molar-refractivity contribution in [2.24, 2.45) is 11.8 Å². The van der Waals surface area contributed by atoms with Crippen molar-refractivity contribution in [1.29, 1.82) is 0 Å². The van der Waals surface area contributed by atoms with Crippen molar-refractivity contribution >= 4 is 5.91 Å². The molecule has 3 heterocycles. The van der Waals surface area contributed by atoms with Gasteiger partial charge in [0.05, 0.1) is 18.3 Å². The molecule has 4 rings (SSSR count). The molecule has 0 spiro atoms. The van der Waals surface area contributed by atoms with Crippen LogP contribution in [0.3, 0.4) is 0 Å². The van der Waals surface area contributed by atoms with Crippen molar-refractivity contribution in [3.63, 3.8) is 0 Å². The lowest BCUT2D eigenvalue weighted by Crippen LogP contribution is -2.34. The van der Waals surface area contributed by atoms with E-state index in [-0.39, 0.29) is 5.91 Å². The molecule has 0 bridgehead atoms. The first-order valence-corrected chi connectivity index (χ1v) is 8.86. The molecule has 2 saturated heterocycles. The zero-order valence-corrected chi connectivity index (χ0v) is 14.2. The van der Waals surface area contributed by atoms with Crippen LogP contribution in [-0.2, 0) is 11.3 Å². The number of ether oxygens (including phenoxy) is 1. The van der Waals surface area contributed by atoms with Gasteiger partial charge >= 0.3 is 0 Å². The molecular weight excluding hydrogens is 314 g/mol. The largest absolute Gasteiger partial charge is 0.376 e. The van der Waals surface area contributed by atoms with E-state index in [0.717, 1.165) is 26.2 Å². The summed E-state index contributed by atoms with van der Waals surface area (Å²) in [4.78, 5) is 18.7. The van der Waals surface area contributed by atoms with Gasteiger partial charge in [0.25, 0.3) is 5.91 Å². The first-order chi connectivity index (χ1) is 12.3. The number of hydrogen-bond acceptors (Lipinski definition) is 4. The van der Waals surface area contributed by atoms with E-state index in [1.54, 1.807) is 24.5 Å². The third-order valence-electron chi connectivity index (χ3n) is 5.21. The molecular formula is C20H23N3O2. The zero-order valence-electron chi connectivity index (χ0n) is 14.2. The van der Waals surface area contributed by atoms with Crippen LogP contribution >= 0.6 is 0 Å². The molecule has 3 atom stereocenters. The topological polar surface area (TPSA) is 54.5 Å². The molecule has 0 saturated carbocycles. The van der Waals surface area contributed by atoms with Crippen LogP contribution in [0.15, 0.2) is 54.9 Å². The van der Waals surface area contributed by atoms with E-state index in [9.17, 15) is 4.79 Å². The number of rotatable bonds is 5. The minimum Gasteiger partial charge on any atom is -0.376 e. The number of carbonyl (C=O) groups is 1. The summed E-state index contributed by atoms with van der Waals surface area (Å²) in [5.41, 5.74) is 1.94. The zero-order chi connectivity index (χ0) is 17.1. The Balaban J connectivity index is 1.30. The van der Waals surface area contributed by atoms with Gasteiger partial charge in [-0.1, -0.05) is 30.3 Å². The molecule has 0 aliphatic carbocycles. The van der Waals surface area contributed by atoms with E-state index in [2.05, 4.69) is 39.5 Å². The van der Waals surface area contributed by atoms with Gasteiger partial charge in [0.15, 0.2) is 0 Å². The molecule has 2 aliphatic rings. The monoisotopic (exact) mass is 337 g/mol. The van der Waals surface area contributed by atoms with Crippen LogP contribution in [0, 0.1) is 11.8 Å². The molecule has 2 aromatic rings. The fourth-order valence-corrected chi connectivity index (χ4v) is 3.88. The third kappa shape index (κ3) is 3.72. The first kappa shape index (κ1) is 16.2. The SMILES string of the molecule is O=C(NC[C@@H]1CO[C@H]2CN(Cc3ccccc3)C[C@@H]12)c1cccnc1. The second-order valence-corrected chi connectivity index (χ2v) is 6.93. The van der Waals surface area contributed by atoms with Crippen molar-refractivity contribution in [3.8, 4) is 0 Å². The van der Waals surface area contributed by atoms with Gasteiger partial charge in [-0.25, -0.2) is 0 Å². The van der Waals surface area contributed by atoms with E-state index in [0.29, 0.717) is 30.0 Å². The maximum atomic E-state index is 12.2. The second kappa shape index (κ2) is 7.33. The summed E-state index contributed by atoms with van der Waals surface area (Å²) >= 11 is 0. The number of hydrogen-bond donors (Lipinski definition) is 1. The van der Waals surface area contributed by atoms with Gasteiger partial charge in [0.1, 0.15) is 0 Å². The molecule has 1 aromatic heterocycles. The lowest BCUT2D eigenvalue weighted by molar-refractivity contribution is 0.0903. The lowest BCUT2D eigenvalue weighted by atomic mass is 9.93. The highest BCUT2D eigenvalue weighted by Crippen LogP contribution is 2.34. The van der Waals surface area contributed by atoms with E-state index in [1.165, 1.54) is 5.56 Å². The van der Waals surface area contributed by atoms with Crippen LogP contribution in [-0.4, -0.2) is 48.1 Å². The Labute approximate surface area is 148 Å². The molecule has 5 heteroatoms. The van der Waals surface area contributed by atoms with Gasteiger partial charge in [0, 0.05) is 50.4 Å². The molecule has 25 heavy (non-hydrogen) atoms. The van der Waals surface area contributed by atoms with E-state index in [4.69, 9.17) is 4.74 Å². The van der Waals surface area contributed by atoms with Crippen LogP contribution in [0.5, 0.6) is 0 Å². The highest BCUT2D eigenvalue weighted by atomic mass is 16.5. The number of likely N-dealkylation sites (tertiary alicyclic amines) is 1. The quantitative estimate of drug-likeness (QED) is 0.906. The summed E-state index contributed by atoms with van der Waals surface area (Å²) in [6, 6.07) is 14.1. The van der Waals surface area contributed by atoms with Crippen LogP contribution < -0.4 is 5.32 Å². The number of fused-ring (bicyclic) bond motifs is 1. The van der Waals surface area contributed by atoms with E-state index >= 15 is 0 Å². The van der Waals surface area contributed by atoms with Crippen molar-refractivity contribution in [1.82, 2.24) is 15.2 Å². The minimum absolute atomic E-state index is 0.0595. The minimum atomic E-state index is -0.0595. The number of amides is 1. The summed E-state index contributed by atoms with van der Waals surface area (Å²) in [7, 11) is 0. The van der Waals surface area contributed by atoms with Gasteiger partial charge in [0.2, 0.25) is 0 Å². The van der Waals surface area contributed by atoms with E-state index in [1.807, 2.05) is 6.07 Å². The molecule has 0 radical (unpaired) electrons. The fourth-order valence-electron chi connectivity index (χ4n) is 3.88. The molecule has 0 unspecified atom stereocenters. The second-order valence-electron chi connectivity index (χ2n) is 6.93. The van der Waals surface area contributed by atoms with Gasteiger partial charge in [-0.2, -0.15) is 0 Å². The number of aromatic nitrogens is 1. The lowest BCUT2D eigenvalue weighted by Gasteiger charge is -2.20. The van der Waals surface area contributed by atoms with Crippen molar-refractivity contribution < 1.29 is 9.53 Å². The predicted octanol–water partition coefficient (Wildman–Crippen LogP) is 1.96. The van der Waals surface area contributed by atoms with Crippen molar-refractivity contribution in [3.05, 3.63) is 66.0 Å². The average molecular weight is 337 g/mol. The van der Waals surface area contributed by atoms with Crippen LogP contribution in [0.1, 0.15) is 15.9 Å². The molecule has 1 amide bonds. The standard InChI is InChI=1S/C20H23N3O2/c24-20(16-7-4-8-21-9-16)22-10-17-14-25-19-13-23(12-18(17)19)11-15-5-2-1-3-6-15/h1-9,17-19H,10-14H2,(H,22,24)/t17-,18+,19+/m1/s1. The highest BCUT2D eigenvalue weighted by Gasteiger charge is 2.43. The summed E-state index contributed by atoms with van der Waals surface area (Å²) in [6.07, 6.45) is 3.57. The Morgan fingerprint density at radius 3 is 2.88 bits per heavy atom. The Morgan fingerprint density at radius 1 is 1.20 bits per heavy atom. The molecule has 5 nitrogen and oxygen atoms in total. The summed E-state index contributed by atoms with van der Waals surface area (Å²) in [6.45, 7) is 4.38. The Hall–Kier alpha value is -2.24. The van der Waals surface area contributed by atoms with Crippen molar-refractivity contribution in [2.75, 3.05) is 26.2 Å². The fraction of sp³-hybridized carbons (Fsp3) is 0.400. The van der Waals surface area contributed by atoms with Crippen LogP contribution in [0.2, 0.25) is 0 Å². The number of nitrogens with one attached hydrogen (secondary N) is 1. The van der Waals surface area contributed by atoms with E-state index < -0.39 is 0 Å². The third-order valence-corrected chi connectivity index (χ3v) is 5.21. The molecule has 1 N–H and O–H groups in total. The smallest absolute Gasteiger partial charge is 0.252 e. The molecule has 2 fully saturated rings. The Morgan fingerprint density at radius 2 is 2.08 bits per heavy atom. The number of nitrogens with zero attached hydrogens (tertiary/aromatic N) is 2. The molecule has 1 aromatic carbocycles. The van der Waals surface area contributed by atoms with Crippen molar-refractivity contribution in [2.45, 2.75) is 12.6 Å². The normalized spacial score (nSPS) is 25.7. The Bertz CT molecular complexity index is 707. The van der Waals surface area contributed by atoms with Gasteiger partial charge in [-0.15, -0.1) is 0 Å². The predicted molar refractivity (Wildman–Crippen MR) is 95.0 cm³/mol. The first-order valence-electron chi connectivity index (χ1n) is 8.86. The maximum absolute atomic E-state index is 12.2. The number of benzene rings is 1.